The fourth-order valence-electron chi connectivity index (χ4n) is 3.51. The first kappa shape index (κ1) is 17.6. The fraction of sp³-hybridized carbons (Fsp3) is 0.421. The smallest absolute Gasteiger partial charge is 0.225 e. The van der Waals surface area contributed by atoms with E-state index in [1.807, 2.05) is 4.90 Å². The summed E-state index contributed by atoms with van der Waals surface area (Å²) in [6.45, 7) is 3.40. The van der Waals surface area contributed by atoms with Crippen molar-refractivity contribution in [2.75, 3.05) is 37.6 Å². The fourth-order valence-corrected chi connectivity index (χ4v) is 3.51. The molecule has 0 atom stereocenters. The average molecular weight is 372 g/mol. The first-order valence-corrected chi connectivity index (χ1v) is 9.10. The highest BCUT2D eigenvalue weighted by atomic mass is 19.1. The number of aromatic nitrogens is 2. The van der Waals surface area contributed by atoms with Gasteiger partial charge in [-0.1, -0.05) is 6.07 Å². The molecular weight excluding hydrogens is 350 g/mol. The van der Waals surface area contributed by atoms with Gasteiger partial charge in [-0.05, 0) is 30.5 Å². The zero-order valence-electron chi connectivity index (χ0n) is 15.0. The predicted octanol–water partition coefficient (Wildman–Crippen LogP) is 1.92. The molecule has 2 fully saturated rings. The van der Waals surface area contributed by atoms with Crippen LogP contribution < -0.4 is 10.6 Å². The number of rotatable bonds is 4. The number of hydrogen-bond donors (Lipinski definition) is 1. The monoisotopic (exact) mass is 372 g/mol. The zero-order chi connectivity index (χ0) is 18.9. The number of anilines is 1. The maximum absolute atomic E-state index is 14.1. The lowest BCUT2D eigenvalue weighted by Gasteiger charge is -2.35. The minimum atomic E-state index is -0.560. The highest BCUT2D eigenvalue weighted by molar-refractivity contribution is 5.78. The second-order valence-electron chi connectivity index (χ2n) is 7.10. The molecule has 2 aliphatic rings. The molecule has 0 bridgehead atoms. The lowest BCUT2D eigenvalue weighted by atomic mass is 9.95. The molecule has 2 aromatic rings. The Labute approximate surface area is 156 Å². The van der Waals surface area contributed by atoms with E-state index in [0.717, 1.165) is 51.0 Å². The number of aliphatic imine (C=N–C) groups is 1. The Morgan fingerprint density at radius 2 is 1.81 bits per heavy atom. The molecule has 1 aromatic heterocycles. The van der Waals surface area contributed by atoms with E-state index in [9.17, 15) is 8.78 Å². The van der Waals surface area contributed by atoms with Crippen molar-refractivity contribution in [1.82, 2.24) is 14.9 Å². The van der Waals surface area contributed by atoms with E-state index in [-0.39, 0.29) is 5.41 Å². The molecule has 0 spiro atoms. The lowest BCUT2D eigenvalue weighted by Crippen LogP contribution is -2.51. The lowest BCUT2D eigenvalue weighted by molar-refractivity contribution is 0.377. The van der Waals surface area contributed by atoms with Gasteiger partial charge in [0.05, 0.1) is 6.54 Å². The molecule has 1 aromatic carbocycles. The molecule has 6 nitrogen and oxygen atoms in total. The SMILES string of the molecule is NC(=NCC1(c2ccc(F)cc2F)CC1)N1CCN(c2ncccn2)CC1. The Balaban J connectivity index is 1.38. The number of nitrogens with zero attached hydrogens (tertiary/aromatic N) is 5. The molecule has 0 amide bonds. The molecule has 27 heavy (non-hydrogen) atoms. The van der Waals surface area contributed by atoms with Crippen molar-refractivity contribution in [2.45, 2.75) is 18.3 Å². The Morgan fingerprint density at radius 1 is 1.11 bits per heavy atom. The van der Waals surface area contributed by atoms with Crippen LogP contribution >= 0.6 is 0 Å². The second kappa shape index (κ2) is 7.09. The van der Waals surface area contributed by atoms with Crippen LogP contribution in [-0.4, -0.2) is 53.6 Å². The number of nitrogens with two attached hydrogens (primary N) is 1. The maximum atomic E-state index is 14.1. The summed E-state index contributed by atoms with van der Waals surface area (Å²) in [6.07, 6.45) is 5.14. The third-order valence-electron chi connectivity index (χ3n) is 5.34. The van der Waals surface area contributed by atoms with Gasteiger partial charge in [0.2, 0.25) is 5.95 Å². The van der Waals surface area contributed by atoms with Crippen molar-refractivity contribution >= 4 is 11.9 Å². The van der Waals surface area contributed by atoms with Gasteiger partial charge in [-0.3, -0.25) is 4.99 Å². The van der Waals surface area contributed by atoms with E-state index in [4.69, 9.17) is 5.73 Å². The molecule has 0 unspecified atom stereocenters. The van der Waals surface area contributed by atoms with Gasteiger partial charge in [-0.15, -0.1) is 0 Å². The third-order valence-corrected chi connectivity index (χ3v) is 5.34. The van der Waals surface area contributed by atoms with Gasteiger partial charge in [0.1, 0.15) is 11.6 Å². The van der Waals surface area contributed by atoms with Crippen molar-refractivity contribution in [1.29, 1.82) is 0 Å². The average Bonchev–Trinajstić information content (AvgIpc) is 3.48. The summed E-state index contributed by atoms with van der Waals surface area (Å²) >= 11 is 0. The molecular formula is C19H22F2N6. The molecule has 1 saturated heterocycles. The summed E-state index contributed by atoms with van der Waals surface area (Å²) in [5.41, 5.74) is 6.37. The largest absolute Gasteiger partial charge is 0.370 e. The van der Waals surface area contributed by atoms with Crippen LogP contribution in [-0.2, 0) is 5.41 Å². The normalized spacial score (nSPS) is 19.3. The quantitative estimate of drug-likeness (QED) is 0.656. The van der Waals surface area contributed by atoms with Crippen molar-refractivity contribution in [3.8, 4) is 0 Å². The van der Waals surface area contributed by atoms with E-state index in [2.05, 4.69) is 19.9 Å². The standard InChI is InChI=1S/C19H22F2N6/c20-14-2-3-15(16(21)12-14)19(4-5-19)13-25-17(22)26-8-10-27(11-9-26)18-23-6-1-7-24-18/h1-3,6-7,12H,4-5,8-11,13H2,(H2,22,25). The van der Waals surface area contributed by atoms with E-state index < -0.39 is 11.6 Å². The number of benzene rings is 1. The van der Waals surface area contributed by atoms with Gasteiger partial charge >= 0.3 is 0 Å². The van der Waals surface area contributed by atoms with Crippen LogP contribution in [0.25, 0.3) is 0 Å². The summed E-state index contributed by atoms with van der Waals surface area (Å²) in [5.74, 6) is 0.127. The van der Waals surface area contributed by atoms with Gasteiger partial charge in [0.15, 0.2) is 5.96 Å². The Hall–Kier alpha value is -2.77. The summed E-state index contributed by atoms with van der Waals surface area (Å²) < 4.78 is 27.3. The maximum Gasteiger partial charge on any atom is 0.225 e. The first-order chi connectivity index (χ1) is 13.1. The van der Waals surface area contributed by atoms with E-state index >= 15 is 0 Å². The van der Waals surface area contributed by atoms with Crippen LogP contribution in [0.15, 0.2) is 41.7 Å². The highest BCUT2D eigenvalue weighted by Gasteiger charge is 2.46. The molecule has 0 radical (unpaired) electrons. The highest BCUT2D eigenvalue weighted by Crippen LogP contribution is 2.49. The van der Waals surface area contributed by atoms with E-state index in [1.54, 1.807) is 18.5 Å². The second-order valence-corrected chi connectivity index (χ2v) is 7.10. The van der Waals surface area contributed by atoms with Gasteiger partial charge in [-0.2, -0.15) is 0 Å². The molecule has 8 heteroatoms. The molecule has 2 N–H and O–H groups in total. The van der Waals surface area contributed by atoms with Gasteiger partial charge < -0.3 is 15.5 Å². The number of guanidine groups is 1. The Kier molecular flexibility index (Phi) is 4.63. The van der Waals surface area contributed by atoms with Gasteiger partial charge in [-0.25, -0.2) is 18.7 Å². The Morgan fingerprint density at radius 3 is 2.44 bits per heavy atom. The van der Waals surface area contributed by atoms with Crippen LogP contribution in [0.2, 0.25) is 0 Å². The van der Waals surface area contributed by atoms with Crippen molar-refractivity contribution in [2.24, 2.45) is 10.7 Å². The van der Waals surface area contributed by atoms with Crippen LogP contribution in [0.3, 0.4) is 0 Å². The number of piperazine rings is 1. The zero-order valence-corrected chi connectivity index (χ0v) is 15.0. The van der Waals surface area contributed by atoms with Gasteiger partial charge in [0, 0.05) is 50.1 Å². The van der Waals surface area contributed by atoms with E-state index in [0.29, 0.717) is 18.1 Å². The van der Waals surface area contributed by atoms with Crippen molar-refractivity contribution < 1.29 is 8.78 Å². The van der Waals surface area contributed by atoms with Crippen LogP contribution in [0.4, 0.5) is 14.7 Å². The van der Waals surface area contributed by atoms with Crippen LogP contribution in [0.1, 0.15) is 18.4 Å². The number of hydrogen-bond acceptors (Lipinski definition) is 4. The first-order valence-electron chi connectivity index (χ1n) is 9.10. The summed E-state index contributed by atoms with van der Waals surface area (Å²) in [7, 11) is 0. The van der Waals surface area contributed by atoms with E-state index in [1.165, 1.54) is 12.1 Å². The molecule has 1 saturated carbocycles. The summed E-state index contributed by atoms with van der Waals surface area (Å²) in [6, 6.07) is 5.56. The number of halogens is 2. The predicted molar refractivity (Wildman–Crippen MR) is 99.6 cm³/mol. The minimum absolute atomic E-state index is 0.345. The van der Waals surface area contributed by atoms with Crippen molar-refractivity contribution in [3.63, 3.8) is 0 Å². The minimum Gasteiger partial charge on any atom is -0.370 e. The molecule has 1 aliphatic heterocycles. The van der Waals surface area contributed by atoms with Gasteiger partial charge in [0.25, 0.3) is 0 Å². The topological polar surface area (TPSA) is 70.6 Å². The van der Waals surface area contributed by atoms with Crippen LogP contribution in [0, 0.1) is 11.6 Å². The molecule has 1 aliphatic carbocycles. The molecule has 4 rings (SSSR count). The third kappa shape index (κ3) is 3.70. The summed E-state index contributed by atoms with van der Waals surface area (Å²) in [5, 5.41) is 0. The van der Waals surface area contributed by atoms with Crippen LogP contribution in [0.5, 0.6) is 0 Å². The summed E-state index contributed by atoms with van der Waals surface area (Å²) in [4.78, 5) is 17.2. The molecule has 2 heterocycles. The van der Waals surface area contributed by atoms with Crippen molar-refractivity contribution in [3.05, 3.63) is 53.9 Å². The Bertz CT molecular complexity index is 829. The molecule has 142 valence electrons.